The first-order valence-corrected chi connectivity index (χ1v) is 7.99. The van der Waals surface area contributed by atoms with E-state index in [4.69, 9.17) is 0 Å². The second kappa shape index (κ2) is 5.37. The smallest absolute Gasteiger partial charge is 0.00488 e. The van der Waals surface area contributed by atoms with Gasteiger partial charge in [-0.3, -0.25) is 0 Å². The molecule has 0 heterocycles. The molecule has 21 heavy (non-hydrogen) atoms. The molecule has 0 saturated heterocycles. The van der Waals surface area contributed by atoms with E-state index in [1.165, 1.54) is 48.0 Å². The average molecular weight is 272 g/mol. The molecule has 0 radical (unpaired) electrons. The maximum atomic E-state index is 2.27. The van der Waals surface area contributed by atoms with Crippen LogP contribution >= 0.6 is 0 Å². The number of benzene rings is 2. The lowest BCUT2D eigenvalue weighted by Crippen LogP contribution is -1.97. The number of allylic oxidation sites excluding steroid dienone is 4. The number of rotatable bonds is 2. The van der Waals surface area contributed by atoms with Crippen LogP contribution < -0.4 is 0 Å². The minimum absolute atomic E-state index is 1.16. The summed E-state index contributed by atoms with van der Waals surface area (Å²) < 4.78 is 0. The fourth-order valence-corrected chi connectivity index (χ4v) is 3.79. The molecule has 2 aliphatic rings. The van der Waals surface area contributed by atoms with Gasteiger partial charge in [0.2, 0.25) is 0 Å². The average Bonchev–Trinajstić information content (AvgIpc) is 2.96. The summed E-state index contributed by atoms with van der Waals surface area (Å²) in [6.45, 7) is 0. The third-order valence-corrected chi connectivity index (χ3v) is 4.76. The van der Waals surface area contributed by atoms with Gasteiger partial charge in [0.25, 0.3) is 0 Å². The van der Waals surface area contributed by atoms with E-state index in [-0.39, 0.29) is 0 Å². The Morgan fingerprint density at radius 3 is 1.90 bits per heavy atom. The number of hydrogen-bond acceptors (Lipinski definition) is 0. The second-order valence-corrected chi connectivity index (χ2v) is 6.05. The summed E-state index contributed by atoms with van der Waals surface area (Å²) in [4.78, 5) is 0. The maximum absolute atomic E-state index is 2.27. The molecule has 0 aromatic heterocycles. The van der Waals surface area contributed by atoms with Crippen LogP contribution in [0.25, 0.3) is 11.1 Å². The fourth-order valence-electron chi connectivity index (χ4n) is 3.79. The molecule has 104 valence electrons. The molecular weight excluding hydrogens is 252 g/mol. The Kier molecular flexibility index (Phi) is 3.23. The molecule has 2 aliphatic carbocycles. The molecule has 2 aromatic carbocycles. The minimum atomic E-state index is 1.16. The molecule has 0 heteroatoms. The predicted octanol–water partition coefficient (Wildman–Crippen LogP) is 5.87. The first-order chi connectivity index (χ1) is 10.4. The van der Waals surface area contributed by atoms with Gasteiger partial charge in [-0.25, -0.2) is 0 Å². The Hall–Kier alpha value is -2.08. The molecule has 0 bridgehead atoms. The largest absolute Gasteiger partial charge is 0.0622 e. The van der Waals surface area contributed by atoms with Crippen LogP contribution in [0.5, 0.6) is 0 Å². The fraction of sp³-hybridized carbons (Fsp3) is 0.238. The van der Waals surface area contributed by atoms with Crippen LogP contribution in [0.1, 0.15) is 43.2 Å². The van der Waals surface area contributed by atoms with E-state index in [1.807, 2.05) is 0 Å². The molecule has 4 rings (SSSR count). The van der Waals surface area contributed by atoms with Crippen LogP contribution in [0.4, 0.5) is 0 Å². The molecule has 0 saturated carbocycles. The van der Waals surface area contributed by atoms with Crippen LogP contribution in [0.15, 0.2) is 71.8 Å². The van der Waals surface area contributed by atoms with E-state index in [0.717, 1.165) is 6.42 Å². The normalized spacial score (nSPS) is 18.1. The van der Waals surface area contributed by atoms with E-state index in [1.54, 1.807) is 11.1 Å². The quantitative estimate of drug-likeness (QED) is 0.641. The van der Waals surface area contributed by atoms with Crippen LogP contribution in [0.2, 0.25) is 0 Å². The van der Waals surface area contributed by atoms with Crippen molar-refractivity contribution < 1.29 is 0 Å². The van der Waals surface area contributed by atoms with Crippen molar-refractivity contribution in [1.82, 2.24) is 0 Å². The van der Waals surface area contributed by atoms with Gasteiger partial charge in [0.15, 0.2) is 0 Å². The van der Waals surface area contributed by atoms with Gasteiger partial charge in [0.05, 0.1) is 0 Å². The van der Waals surface area contributed by atoms with Crippen molar-refractivity contribution in [1.29, 1.82) is 0 Å². The number of hydrogen-bond donors (Lipinski definition) is 0. The van der Waals surface area contributed by atoms with Crippen LogP contribution in [0, 0.1) is 0 Å². The highest BCUT2D eigenvalue weighted by molar-refractivity contribution is 6.02. The molecule has 0 aliphatic heterocycles. The summed E-state index contributed by atoms with van der Waals surface area (Å²) in [5, 5.41) is 0. The van der Waals surface area contributed by atoms with Gasteiger partial charge >= 0.3 is 0 Å². The van der Waals surface area contributed by atoms with Crippen LogP contribution in [-0.2, 0) is 0 Å². The molecule has 0 fully saturated rings. The standard InChI is InChI=1S/C21H20/c1-3-9-16(10-4-1)20-15-18-13-7-8-14-19(18)21(20)17-11-5-2-6-12-17/h1-6,9-12H,7-8,13-15H2. The Labute approximate surface area is 126 Å². The molecule has 0 amide bonds. The third kappa shape index (κ3) is 2.25. The van der Waals surface area contributed by atoms with Crippen LogP contribution in [-0.4, -0.2) is 0 Å². The van der Waals surface area contributed by atoms with Crippen molar-refractivity contribution in [3.8, 4) is 0 Å². The van der Waals surface area contributed by atoms with E-state index < -0.39 is 0 Å². The van der Waals surface area contributed by atoms with Gasteiger partial charge in [-0.05, 0) is 60.0 Å². The van der Waals surface area contributed by atoms with Crippen LogP contribution in [0.3, 0.4) is 0 Å². The molecule has 2 aromatic rings. The SMILES string of the molecule is c1ccc(C2=C(c3ccccc3)C3=C(CCCC3)C2)cc1. The van der Waals surface area contributed by atoms with Gasteiger partial charge < -0.3 is 0 Å². The van der Waals surface area contributed by atoms with E-state index >= 15 is 0 Å². The predicted molar refractivity (Wildman–Crippen MR) is 89.8 cm³/mol. The van der Waals surface area contributed by atoms with E-state index in [2.05, 4.69) is 60.7 Å². The van der Waals surface area contributed by atoms with Gasteiger partial charge in [0.1, 0.15) is 0 Å². The van der Waals surface area contributed by atoms with Gasteiger partial charge in [-0.1, -0.05) is 66.2 Å². The van der Waals surface area contributed by atoms with Crippen molar-refractivity contribution in [3.63, 3.8) is 0 Å². The second-order valence-electron chi connectivity index (χ2n) is 6.05. The Morgan fingerprint density at radius 2 is 1.19 bits per heavy atom. The molecule has 0 N–H and O–H groups in total. The Morgan fingerprint density at radius 1 is 0.571 bits per heavy atom. The van der Waals surface area contributed by atoms with Gasteiger partial charge in [-0.2, -0.15) is 0 Å². The Bertz CT molecular complexity index is 702. The highest BCUT2D eigenvalue weighted by atomic mass is 14.3. The summed E-state index contributed by atoms with van der Waals surface area (Å²) in [7, 11) is 0. The first-order valence-electron chi connectivity index (χ1n) is 7.99. The van der Waals surface area contributed by atoms with Crippen molar-refractivity contribution in [2.75, 3.05) is 0 Å². The molecular formula is C21H20. The molecule has 0 atom stereocenters. The lowest BCUT2D eigenvalue weighted by Gasteiger charge is -2.17. The topological polar surface area (TPSA) is 0 Å². The minimum Gasteiger partial charge on any atom is -0.0622 e. The molecule has 0 spiro atoms. The van der Waals surface area contributed by atoms with Crippen molar-refractivity contribution >= 4 is 11.1 Å². The lowest BCUT2D eigenvalue weighted by molar-refractivity contribution is 0.683. The van der Waals surface area contributed by atoms with Gasteiger partial charge in [0, 0.05) is 0 Å². The van der Waals surface area contributed by atoms with Crippen molar-refractivity contribution in [3.05, 3.63) is 82.9 Å². The third-order valence-electron chi connectivity index (χ3n) is 4.76. The summed E-state index contributed by atoms with van der Waals surface area (Å²) in [5.41, 5.74) is 9.18. The highest BCUT2D eigenvalue weighted by Crippen LogP contribution is 2.48. The van der Waals surface area contributed by atoms with E-state index in [9.17, 15) is 0 Å². The summed E-state index contributed by atoms with van der Waals surface area (Å²) in [5.74, 6) is 0. The molecule has 0 nitrogen and oxygen atoms in total. The Balaban J connectivity index is 1.89. The summed E-state index contributed by atoms with van der Waals surface area (Å²) in [6.07, 6.45) is 6.42. The highest BCUT2D eigenvalue weighted by Gasteiger charge is 2.27. The zero-order valence-corrected chi connectivity index (χ0v) is 12.3. The first kappa shape index (κ1) is 12.6. The summed E-state index contributed by atoms with van der Waals surface area (Å²) in [6, 6.07) is 21.9. The lowest BCUT2D eigenvalue weighted by atomic mass is 9.88. The summed E-state index contributed by atoms with van der Waals surface area (Å²) >= 11 is 0. The molecule has 0 unspecified atom stereocenters. The van der Waals surface area contributed by atoms with Gasteiger partial charge in [-0.15, -0.1) is 0 Å². The van der Waals surface area contributed by atoms with Crippen molar-refractivity contribution in [2.24, 2.45) is 0 Å². The monoisotopic (exact) mass is 272 g/mol. The maximum Gasteiger partial charge on any atom is -0.00488 e. The zero-order valence-electron chi connectivity index (χ0n) is 12.3. The van der Waals surface area contributed by atoms with E-state index in [0.29, 0.717) is 0 Å². The zero-order chi connectivity index (χ0) is 14.1. The van der Waals surface area contributed by atoms with Crippen molar-refractivity contribution in [2.45, 2.75) is 32.1 Å².